The largest absolute Gasteiger partial charge is 0.480 e. The van der Waals surface area contributed by atoms with E-state index in [1.165, 1.54) is 0 Å². The number of rotatable bonds is 4. The Morgan fingerprint density at radius 2 is 1.62 bits per heavy atom. The second-order valence-electron chi connectivity index (χ2n) is 7.81. The summed E-state index contributed by atoms with van der Waals surface area (Å²) >= 11 is 0. The lowest BCUT2D eigenvalue weighted by atomic mass is 9.76. The highest BCUT2D eigenvalue weighted by Crippen LogP contribution is 2.33. The molecule has 0 spiro atoms. The molecule has 0 aromatic rings. The fourth-order valence-corrected chi connectivity index (χ4v) is 3.71. The maximum atomic E-state index is 12.6. The summed E-state index contributed by atoms with van der Waals surface area (Å²) in [6.07, 6.45) is 3.87. The Morgan fingerprint density at radius 1 is 1.08 bits per heavy atom. The molecule has 1 saturated carbocycles. The third-order valence-corrected chi connectivity index (χ3v) is 5.57. The van der Waals surface area contributed by atoms with Gasteiger partial charge in [0.1, 0.15) is 5.54 Å². The van der Waals surface area contributed by atoms with Crippen molar-refractivity contribution in [3.05, 3.63) is 0 Å². The van der Waals surface area contributed by atoms with Gasteiger partial charge in [0.2, 0.25) is 11.8 Å². The van der Waals surface area contributed by atoms with Crippen LogP contribution in [0.3, 0.4) is 0 Å². The molecule has 1 aliphatic carbocycles. The predicted molar refractivity (Wildman–Crippen MR) is 90.3 cm³/mol. The molecule has 2 aliphatic rings. The highest BCUT2D eigenvalue weighted by molar-refractivity contribution is 5.88. The number of carboxylic acid groups (broad SMARTS) is 1. The maximum Gasteiger partial charge on any atom is 0.329 e. The molecule has 2 N–H and O–H groups in total. The summed E-state index contributed by atoms with van der Waals surface area (Å²) in [7, 11) is 0. The molecule has 2 rings (SSSR count). The van der Waals surface area contributed by atoms with Gasteiger partial charge in [0.15, 0.2) is 0 Å². The van der Waals surface area contributed by atoms with Crippen molar-refractivity contribution in [2.24, 2.45) is 17.8 Å². The van der Waals surface area contributed by atoms with Gasteiger partial charge in [0, 0.05) is 24.9 Å². The molecule has 1 aliphatic heterocycles. The van der Waals surface area contributed by atoms with Gasteiger partial charge in [-0.3, -0.25) is 9.59 Å². The summed E-state index contributed by atoms with van der Waals surface area (Å²) in [5.41, 5.74) is -1.10. The van der Waals surface area contributed by atoms with Crippen LogP contribution >= 0.6 is 0 Å². The summed E-state index contributed by atoms with van der Waals surface area (Å²) in [6, 6.07) is 0. The number of carboxylic acids is 1. The van der Waals surface area contributed by atoms with Gasteiger partial charge in [-0.05, 0) is 44.4 Å². The molecule has 6 heteroatoms. The van der Waals surface area contributed by atoms with Crippen molar-refractivity contribution in [2.45, 2.75) is 64.8 Å². The average molecular weight is 338 g/mol. The van der Waals surface area contributed by atoms with Gasteiger partial charge in [0.25, 0.3) is 0 Å². The monoisotopic (exact) mass is 338 g/mol. The number of nitrogens with one attached hydrogen (secondary N) is 1. The lowest BCUT2D eigenvalue weighted by Crippen LogP contribution is -2.58. The Hall–Kier alpha value is -1.59. The van der Waals surface area contributed by atoms with Crippen molar-refractivity contribution >= 4 is 17.8 Å². The molecular weight excluding hydrogens is 308 g/mol. The topological polar surface area (TPSA) is 86.7 Å². The van der Waals surface area contributed by atoms with E-state index >= 15 is 0 Å². The molecular formula is C18H30N2O4. The fourth-order valence-electron chi connectivity index (χ4n) is 3.71. The van der Waals surface area contributed by atoms with E-state index in [1.54, 1.807) is 0 Å². The average Bonchev–Trinajstić information content (AvgIpc) is 2.56. The van der Waals surface area contributed by atoms with Crippen LogP contribution in [-0.2, 0) is 14.4 Å². The normalized spacial score (nSPS) is 28.7. The highest BCUT2D eigenvalue weighted by atomic mass is 16.4. The van der Waals surface area contributed by atoms with Gasteiger partial charge in [-0.2, -0.15) is 0 Å². The van der Waals surface area contributed by atoms with Crippen LogP contribution in [0.25, 0.3) is 0 Å². The Labute approximate surface area is 144 Å². The minimum Gasteiger partial charge on any atom is -0.480 e. The number of piperidine rings is 1. The van der Waals surface area contributed by atoms with E-state index in [4.69, 9.17) is 0 Å². The second kappa shape index (κ2) is 7.53. The van der Waals surface area contributed by atoms with Gasteiger partial charge in [-0.15, -0.1) is 0 Å². The van der Waals surface area contributed by atoms with Gasteiger partial charge in [0.05, 0.1) is 0 Å². The minimum absolute atomic E-state index is 0.0325. The van der Waals surface area contributed by atoms with Crippen LogP contribution in [0.2, 0.25) is 0 Å². The fraction of sp³-hybridized carbons (Fsp3) is 0.833. The summed E-state index contributed by atoms with van der Waals surface area (Å²) in [5.74, 6) is -0.678. The molecule has 0 aromatic heterocycles. The summed E-state index contributed by atoms with van der Waals surface area (Å²) in [5, 5.41) is 12.5. The lowest BCUT2D eigenvalue weighted by Gasteiger charge is -2.38. The number of aliphatic carboxylic acids is 1. The van der Waals surface area contributed by atoms with Crippen LogP contribution in [0.15, 0.2) is 0 Å². The zero-order chi connectivity index (χ0) is 17.9. The maximum absolute atomic E-state index is 12.6. The summed E-state index contributed by atoms with van der Waals surface area (Å²) in [4.78, 5) is 38.2. The molecule has 0 unspecified atom stereocenters. The molecule has 0 atom stereocenters. The third kappa shape index (κ3) is 4.08. The first-order valence-electron chi connectivity index (χ1n) is 9.09. The SMILES string of the molecule is CC1CCC(NC(=O)C2CCN(C(=O)C(C)C)CC2)(C(=O)O)CC1. The summed E-state index contributed by atoms with van der Waals surface area (Å²) < 4.78 is 0. The summed E-state index contributed by atoms with van der Waals surface area (Å²) in [6.45, 7) is 7.02. The molecule has 136 valence electrons. The van der Waals surface area contributed by atoms with Crippen LogP contribution in [0, 0.1) is 17.8 Å². The number of hydrogen-bond donors (Lipinski definition) is 2. The molecule has 0 radical (unpaired) electrons. The van der Waals surface area contributed by atoms with Crippen molar-refractivity contribution in [3.63, 3.8) is 0 Å². The molecule has 1 heterocycles. The van der Waals surface area contributed by atoms with E-state index in [1.807, 2.05) is 18.7 Å². The van der Waals surface area contributed by atoms with Gasteiger partial charge in [-0.1, -0.05) is 20.8 Å². The molecule has 2 amide bonds. The first-order valence-corrected chi connectivity index (χ1v) is 9.09. The first kappa shape index (κ1) is 18.7. The molecule has 0 aromatic carbocycles. The number of carbonyl (C=O) groups excluding carboxylic acids is 2. The Balaban J connectivity index is 1.93. The smallest absolute Gasteiger partial charge is 0.329 e. The molecule has 0 bridgehead atoms. The Bertz CT molecular complexity index is 487. The van der Waals surface area contributed by atoms with Crippen LogP contribution in [0.4, 0.5) is 0 Å². The number of amides is 2. The van der Waals surface area contributed by atoms with Crippen molar-refractivity contribution in [1.82, 2.24) is 10.2 Å². The van der Waals surface area contributed by atoms with E-state index in [2.05, 4.69) is 12.2 Å². The third-order valence-electron chi connectivity index (χ3n) is 5.57. The first-order chi connectivity index (χ1) is 11.2. The zero-order valence-corrected chi connectivity index (χ0v) is 15.0. The van der Waals surface area contributed by atoms with Crippen molar-refractivity contribution in [1.29, 1.82) is 0 Å². The van der Waals surface area contributed by atoms with E-state index < -0.39 is 11.5 Å². The van der Waals surface area contributed by atoms with Crippen LogP contribution in [-0.4, -0.2) is 46.4 Å². The van der Waals surface area contributed by atoms with Crippen molar-refractivity contribution in [3.8, 4) is 0 Å². The Kier molecular flexibility index (Phi) is 5.88. The number of nitrogens with zero attached hydrogens (tertiary/aromatic N) is 1. The van der Waals surface area contributed by atoms with E-state index in [-0.39, 0.29) is 23.7 Å². The standard InChI is InChI=1S/C18H30N2O4/c1-12(2)16(22)20-10-6-14(7-11-20)15(21)19-18(17(23)24)8-4-13(3)5-9-18/h12-14H,4-11H2,1-3H3,(H,19,21)(H,23,24). The van der Waals surface area contributed by atoms with E-state index in [0.717, 1.165) is 12.8 Å². The zero-order valence-electron chi connectivity index (χ0n) is 15.0. The van der Waals surface area contributed by atoms with Crippen LogP contribution < -0.4 is 5.32 Å². The Morgan fingerprint density at radius 3 is 2.08 bits per heavy atom. The van der Waals surface area contributed by atoms with Crippen LogP contribution in [0.5, 0.6) is 0 Å². The van der Waals surface area contributed by atoms with E-state index in [0.29, 0.717) is 44.7 Å². The molecule has 2 fully saturated rings. The van der Waals surface area contributed by atoms with Gasteiger partial charge < -0.3 is 15.3 Å². The second-order valence-corrected chi connectivity index (χ2v) is 7.81. The minimum atomic E-state index is -1.10. The molecule has 6 nitrogen and oxygen atoms in total. The number of likely N-dealkylation sites (tertiary alicyclic amines) is 1. The van der Waals surface area contributed by atoms with Crippen LogP contribution in [0.1, 0.15) is 59.3 Å². The molecule has 24 heavy (non-hydrogen) atoms. The van der Waals surface area contributed by atoms with Crippen molar-refractivity contribution in [2.75, 3.05) is 13.1 Å². The van der Waals surface area contributed by atoms with E-state index in [9.17, 15) is 19.5 Å². The molecule has 1 saturated heterocycles. The number of carbonyl (C=O) groups is 3. The van der Waals surface area contributed by atoms with Gasteiger partial charge in [-0.25, -0.2) is 4.79 Å². The van der Waals surface area contributed by atoms with Gasteiger partial charge >= 0.3 is 5.97 Å². The lowest BCUT2D eigenvalue weighted by molar-refractivity contribution is -0.150. The highest BCUT2D eigenvalue weighted by Gasteiger charge is 2.43. The van der Waals surface area contributed by atoms with Crippen molar-refractivity contribution < 1.29 is 19.5 Å². The predicted octanol–water partition coefficient (Wildman–Crippen LogP) is 2.03. The quantitative estimate of drug-likeness (QED) is 0.821. The number of hydrogen-bond acceptors (Lipinski definition) is 3.